The van der Waals surface area contributed by atoms with Gasteiger partial charge >= 0.3 is 0 Å². The molecule has 1 rings (SSSR count). The smallest absolute Gasteiger partial charge is 0.117 e. The lowest BCUT2D eigenvalue weighted by atomic mass is 9.87. The molecule has 0 saturated heterocycles. The zero-order valence-electron chi connectivity index (χ0n) is 9.99. The molecule has 1 aromatic rings. The molecule has 1 unspecified atom stereocenters. The molecule has 1 heterocycles. The molecule has 15 heavy (non-hydrogen) atoms. The summed E-state index contributed by atoms with van der Waals surface area (Å²) >= 11 is 0. The molecule has 0 aromatic carbocycles. The first-order valence-corrected chi connectivity index (χ1v) is 5.50. The quantitative estimate of drug-likeness (QED) is 0.781. The third kappa shape index (κ3) is 3.68. The summed E-state index contributed by atoms with van der Waals surface area (Å²) < 4.78 is 5.31. The largest absolute Gasteiger partial charge is 0.468 e. The Labute approximate surface area is 92.2 Å². The number of nitrogens with zero attached hydrogens (tertiary/aromatic N) is 1. The first-order valence-electron chi connectivity index (χ1n) is 5.50. The van der Waals surface area contributed by atoms with E-state index in [1.54, 1.807) is 6.26 Å². The second-order valence-corrected chi connectivity index (χ2v) is 4.62. The number of hydrogen-bond acceptors (Lipinski definition) is 3. The summed E-state index contributed by atoms with van der Waals surface area (Å²) in [5.74, 6) is 1.01. The third-order valence-electron chi connectivity index (χ3n) is 3.00. The highest BCUT2D eigenvalue weighted by Gasteiger charge is 2.22. The molecule has 0 radical (unpaired) electrons. The van der Waals surface area contributed by atoms with Gasteiger partial charge in [-0.3, -0.25) is 4.90 Å². The fourth-order valence-corrected chi connectivity index (χ4v) is 1.70. The van der Waals surface area contributed by atoms with E-state index in [-0.39, 0.29) is 5.41 Å². The number of hydrogen-bond donors (Lipinski definition) is 1. The topological polar surface area (TPSA) is 42.4 Å². The molecule has 0 fully saturated rings. The molecule has 1 atom stereocenters. The van der Waals surface area contributed by atoms with Crippen molar-refractivity contribution in [2.45, 2.75) is 26.8 Å². The Morgan fingerprint density at radius 2 is 2.27 bits per heavy atom. The van der Waals surface area contributed by atoms with Gasteiger partial charge in [-0.15, -0.1) is 0 Å². The van der Waals surface area contributed by atoms with E-state index in [9.17, 15) is 0 Å². The highest BCUT2D eigenvalue weighted by atomic mass is 16.3. The molecular formula is C12H22N2O. The van der Waals surface area contributed by atoms with E-state index < -0.39 is 0 Å². The van der Waals surface area contributed by atoms with Crippen LogP contribution in [0.1, 0.15) is 26.0 Å². The van der Waals surface area contributed by atoms with E-state index in [1.807, 2.05) is 12.1 Å². The van der Waals surface area contributed by atoms with Gasteiger partial charge in [-0.1, -0.05) is 13.8 Å². The fraction of sp³-hybridized carbons (Fsp3) is 0.667. The molecule has 1 aromatic heterocycles. The van der Waals surface area contributed by atoms with Crippen LogP contribution >= 0.6 is 0 Å². The molecule has 2 N–H and O–H groups in total. The minimum Gasteiger partial charge on any atom is -0.468 e. The van der Waals surface area contributed by atoms with Crippen LogP contribution in [-0.2, 0) is 6.54 Å². The van der Waals surface area contributed by atoms with Crippen LogP contribution in [0.4, 0.5) is 0 Å². The first kappa shape index (κ1) is 12.3. The summed E-state index contributed by atoms with van der Waals surface area (Å²) in [5, 5.41) is 0. The standard InChI is InChI=1S/C12H22N2O/c1-4-12(2,9-13)10-14(3)8-11-6-5-7-15-11/h5-7H,4,8-10,13H2,1-3H3. The normalized spacial score (nSPS) is 15.5. The predicted octanol–water partition coefficient (Wildman–Crippen LogP) is 2.09. The summed E-state index contributed by atoms with van der Waals surface area (Å²) in [6, 6.07) is 3.92. The van der Waals surface area contributed by atoms with Crippen molar-refractivity contribution in [1.29, 1.82) is 0 Å². The van der Waals surface area contributed by atoms with Crippen LogP contribution in [0.25, 0.3) is 0 Å². The molecule has 3 heteroatoms. The molecule has 0 amide bonds. The van der Waals surface area contributed by atoms with Gasteiger partial charge in [0.05, 0.1) is 12.8 Å². The van der Waals surface area contributed by atoms with Crippen molar-refractivity contribution in [2.24, 2.45) is 11.1 Å². The molecule has 0 bridgehead atoms. The Kier molecular flexibility index (Phi) is 4.36. The van der Waals surface area contributed by atoms with Gasteiger partial charge in [-0.25, -0.2) is 0 Å². The predicted molar refractivity (Wildman–Crippen MR) is 62.5 cm³/mol. The second-order valence-electron chi connectivity index (χ2n) is 4.62. The zero-order chi connectivity index (χ0) is 11.3. The maximum absolute atomic E-state index is 5.79. The summed E-state index contributed by atoms with van der Waals surface area (Å²) in [6.07, 6.45) is 2.82. The van der Waals surface area contributed by atoms with Crippen molar-refractivity contribution in [3.8, 4) is 0 Å². The average molecular weight is 210 g/mol. The molecule has 86 valence electrons. The molecule has 3 nitrogen and oxygen atoms in total. The zero-order valence-corrected chi connectivity index (χ0v) is 9.99. The highest BCUT2D eigenvalue weighted by molar-refractivity contribution is 4.97. The van der Waals surface area contributed by atoms with Crippen molar-refractivity contribution in [3.05, 3.63) is 24.2 Å². The van der Waals surface area contributed by atoms with Crippen LogP contribution in [0.3, 0.4) is 0 Å². The number of rotatable bonds is 6. The van der Waals surface area contributed by atoms with Gasteiger partial charge in [0.1, 0.15) is 5.76 Å². The van der Waals surface area contributed by atoms with Crippen LogP contribution in [0, 0.1) is 5.41 Å². The Morgan fingerprint density at radius 3 is 2.73 bits per heavy atom. The Hall–Kier alpha value is -0.800. The first-order chi connectivity index (χ1) is 7.09. The average Bonchev–Trinajstić information content (AvgIpc) is 2.70. The maximum Gasteiger partial charge on any atom is 0.117 e. The van der Waals surface area contributed by atoms with Crippen LogP contribution in [-0.4, -0.2) is 25.0 Å². The second kappa shape index (κ2) is 5.33. The molecule has 0 spiro atoms. The summed E-state index contributed by atoms with van der Waals surface area (Å²) in [7, 11) is 2.10. The minimum absolute atomic E-state index is 0.210. The fourth-order valence-electron chi connectivity index (χ4n) is 1.70. The van der Waals surface area contributed by atoms with Crippen LogP contribution in [0.15, 0.2) is 22.8 Å². The van der Waals surface area contributed by atoms with E-state index in [0.717, 1.165) is 31.8 Å². The SMILES string of the molecule is CCC(C)(CN)CN(C)Cc1ccco1. The monoisotopic (exact) mass is 210 g/mol. The lowest BCUT2D eigenvalue weighted by Gasteiger charge is -2.31. The summed E-state index contributed by atoms with van der Waals surface area (Å²) in [6.45, 7) is 6.99. The van der Waals surface area contributed by atoms with Gasteiger partial charge in [0.2, 0.25) is 0 Å². The van der Waals surface area contributed by atoms with Gasteiger partial charge in [0.15, 0.2) is 0 Å². The van der Waals surface area contributed by atoms with E-state index >= 15 is 0 Å². The van der Waals surface area contributed by atoms with Crippen LogP contribution < -0.4 is 5.73 Å². The van der Waals surface area contributed by atoms with Crippen LogP contribution in [0.2, 0.25) is 0 Å². The Balaban J connectivity index is 2.44. The minimum atomic E-state index is 0.210. The van der Waals surface area contributed by atoms with Crippen molar-refractivity contribution >= 4 is 0 Å². The van der Waals surface area contributed by atoms with Gasteiger partial charge in [0, 0.05) is 6.54 Å². The van der Waals surface area contributed by atoms with E-state index in [4.69, 9.17) is 10.2 Å². The van der Waals surface area contributed by atoms with Crippen LogP contribution in [0.5, 0.6) is 0 Å². The molecule has 0 aliphatic rings. The molecule has 0 aliphatic heterocycles. The van der Waals surface area contributed by atoms with Crippen molar-refractivity contribution in [3.63, 3.8) is 0 Å². The molecule has 0 aliphatic carbocycles. The number of furan rings is 1. The van der Waals surface area contributed by atoms with Gasteiger partial charge in [0.25, 0.3) is 0 Å². The highest BCUT2D eigenvalue weighted by Crippen LogP contribution is 2.21. The lowest BCUT2D eigenvalue weighted by Crippen LogP contribution is -2.38. The summed E-state index contributed by atoms with van der Waals surface area (Å²) in [5.41, 5.74) is 6.00. The Morgan fingerprint density at radius 1 is 1.53 bits per heavy atom. The Bertz CT molecular complexity index is 265. The van der Waals surface area contributed by atoms with Crippen molar-refractivity contribution in [2.75, 3.05) is 20.1 Å². The van der Waals surface area contributed by atoms with Crippen molar-refractivity contribution < 1.29 is 4.42 Å². The van der Waals surface area contributed by atoms with Gasteiger partial charge in [-0.2, -0.15) is 0 Å². The van der Waals surface area contributed by atoms with Gasteiger partial charge in [-0.05, 0) is 37.6 Å². The lowest BCUT2D eigenvalue weighted by molar-refractivity contribution is 0.177. The van der Waals surface area contributed by atoms with E-state index in [0.29, 0.717) is 0 Å². The third-order valence-corrected chi connectivity index (χ3v) is 3.00. The molecule has 0 saturated carbocycles. The molecular weight excluding hydrogens is 188 g/mol. The maximum atomic E-state index is 5.79. The van der Waals surface area contributed by atoms with Gasteiger partial charge < -0.3 is 10.2 Å². The number of nitrogens with two attached hydrogens (primary N) is 1. The van der Waals surface area contributed by atoms with Crippen molar-refractivity contribution in [1.82, 2.24) is 4.90 Å². The summed E-state index contributed by atoms with van der Waals surface area (Å²) in [4.78, 5) is 2.26. The van der Waals surface area contributed by atoms with E-state index in [1.165, 1.54) is 0 Å². The van der Waals surface area contributed by atoms with E-state index in [2.05, 4.69) is 25.8 Å².